The van der Waals surface area contributed by atoms with Crippen LogP contribution >= 0.6 is 11.6 Å². The van der Waals surface area contributed by atoms with E-state index in [2.05, 4.69) is 0 Å². The average Bonchev–Trinajstić information content (AvgIpc) is 2.33. The van der Waals surface area contributed by atoms with Crippen molar-refractivity contribution in [3.05, 3.63) is 29.3 Å². The Hall–Kier alpha value is -1.22. The molecule has 0 aliphatic carbocycles. The Labute approximate surface area is 114 Å². The summed E-state index contributed by atoms with van der Waals surface area (Å²) in [6.45, 7) is 8.84. The van der Waals surface area contributed by atoms with Gasteiger partial charge in [0.1, 0.15) is 5.75 Å². The van der Waals surface area contributed by atoms with Gasteiger partial charge >= 0.3 is 0 Å². The third-order valence-electron chi connectivity index (χ3n) is 2.75. The van der Waals surface area contributed by atoms with Crippen LogP contribution in [0.4, 0.5) is 0 Å². The topological polar surface area (TPSA) is 29.5 Å². The summed E-state index contributed by atoms with van der Waals surface area (Å²) < 4.78 is 5.75. The SMILES string of the molecule is CCN(CC)C(=O)C(C)(C)Oc1ccc(Cl)cc1. The molecule has 0 N–H and O–H groups in total. The Bertz CT molecular complexity index is 397. The molecule has 3 nitrogen and oxygen atoms in total. The highest BCUT2D eigenvalue weighted by atomic mass is 35.5. The van der Waals surface area contributed by atoms with Gasteiger partial charge in [0.25, 0.3) is 5.91 Å². The molecule has 0 aliphatic heterocycles. The number of carbonyl (C=O) groups excluding carboxylic acids is 1. The van der Waals surface area contributed by atoms with Gasteiger partial charge in [-0.15, -0.1) is 0 Å². The molecule has 0 spiro atoms. The number of rotatable bonds is 5. The van der Waals surface area contributed by atoms with E-state index < -0.39 is 5.60 Å². The van der Waals surface area contributed by atoms with Crippen LogP contribution < -0.4 is 4.74 Å². The van der Waals surface area contributed by atoms with E-state index in [1.165, 1.54) is 0 Å². The van der Waals surface area contributed by atoms with Gasteiger partial charge in [-0.3, -0.25) is 4.79 Å². The van der Waals surface area contributed by atoms with Gasteiger partial charge in [0.2, 0.25) is 0 Å². The number of hydrogen-bond acceptors (Lipinski definition) is 2. The normalized spacial score (nSPS) is 11.2. The number of benzene rings is 1. The van der Waals surface area contributed by atoms with E-state index in [0.29, 0.717) is 23.9 Å². The number of likely N-dealkylation sites (N-methyl/N-ethyl adjacent to an activating group) is 1. The zero-order valence-electron chi connectivity index (χ0n) is 11.4. The molecule has 1 amide bonds. The molecule has 0 aliphatic rings. The molecule has 100 valence electrons. The van der Waals surface area contributed by atoms with Crippen molar-refractivity contribution in [2.45, 2.75) is 33.3 Å². The van der Waals surface area contributed by atoms with E-state index in [-0.39, 0.29) is 5.91 Å². The Kier molecular flexibility index (Phi) is 5.03. The fourth-order valence-electron chi connectivity index (χ4n) is 1.73. The average molecular weight is 270 g/mol. The van der Waals surface area contributed by atoms with Gasteiger partial charge in [-0.25, -0.2) is 0 Å². The number of hydrogen-bond donors (Lipinski definition) is 0. The van der Waals surface area contributed by atoms with Crippen molar-refractivity contribution in [3.8, 4) is 5.75 Å². The Morgan fingerprint density at radius 2 is 1.72 bits per heavy atom. The summed E-state index contributed by atoms with van der Waals surface area (Å²) in [6.07, 6.45) is 0. The van der Waals surface area contributed by atoms with E-state index in [4.69, 9.17) is 16.3 Å². The molecule has 0 saturated heterocycles. The Morgan fingerprint density at radius 1 is 1.22 bits per heavy atom. The van der Waals surface area contributed by atoms with E-state index >= 15 is 0 Å². The zero-order valence-corrected chi connectivity index (χ0v) is 12.1. The first kappa shape index (κ1) is 14.8. The van der Waals surface area contributed by atoms with Gasteiger partial charge in [-0.05, 0) is 52.0 Å². The maximum atomic E-state index is 12.3. The molecule has 0 radical (unpaired) electrons. The van der Waals surface area contributed by atoms with Crippen LogP contribution in [0.2, 0.25) is 5.02 Å². The highest BCUT2D eigenvalue weighted by molar-refractivity contribution is 6.30. The summed E-state index contributed by atoms with van der Waals surface area (Å²) in [6, 6.07) is 7.02. The van der Waals surface area contributed by atoms with Gasteiger partial charge in [0.15, 0.2) is 5.60 Å². The minimum Gasteiger partial charge on any atom is -0.478 e. The fourth-order valence-corrected chi connectivity index (χ4v) is 1.86. The summed E-state index contributed by atoms with van der Waals surface area (Å²) in [7, 11) is 0. The molecular weight excluding hydrogens is 250 g/mol. The van der Waals surface area contributed by atoms with Crippen LogP contribution in [0, 0.1) is 0 Å². The molecule has 18 heavy (non-hydrogen) atoms. The summed E-state index contributed by atoms with van der Waals surface area (Å²) >= 11 is 5.81. The third-order valence-corrected chi connectivity index (χ3v) is 3.00. The Morgan fingerprint density at radius 3 is 2.17 bits per heavy atom. The lowest BCUT2D eigenvalue weighted by Gasteiger charge is -2.31. The second kappa shape index (κ2) is 6.10. The predicted molar refractivity (Wildman–Crippen MR) is 74.1 cm³/mol. The number of amides is 1. The monoisotopic (exact) mass is 269 g/mol. The maximum Gasteiger partial charge on any atom is 0.266 e. The fraction of sp³-hybridized carbons (Fsp3) is 0.500. The molecule has 0 heterocycles. The van der Waals surface area contributed by atoms with Crippen molar-refractivity contribution in [2.24, 2.45) is 0 Å². The molecule has 0 fully saturated rings. The second-order valence-electron chi connectivity index (χ2n) is 4.54. The van der Waals surface area contributed by atoms with Crippen LogP contribution in [-0.4, -0.2) is 29.5 Å². The Balaban J connectivity index is 2.80. The molecule has 0 aromatic heterocycles. The molecule has 0 unspecified atom stereocenters. The lowest BCUT2D eigenvalue weighted by atomic mass is 10.1. The van der Waals surface area contributed by atoms with Gasteiger partial charge in [-0.1, -0.05) is 11.6 Å². The van der Waals surface area contributed by atoms with E-state index in [9.17, 15) is 4.79 Å². The van der Waals surface area contributed by atoms with Crippen LogP contribution in [0.3, 0.4) is 0 Å². The van der Waals surface area contributed by atoms with Crippen LogP contribution in [-0.2, 0) is 4.79 Å². The number of nitrogens with zero attached hydrogens (tertiary/aromatic N) is 1. The molecule has 1 rings (SSSR count). The number of halogens is 1. The van der Waals surface area contributed by atoms with Crippen LogP contribution in [0.1, 0.15) is 27.7 Å². The first-order valence-electron chi connectivity index (χ1n) is 6.14. The number of carbonyl (C=O) groups is 1. The molecule has 0 saturated carbocycles. The first-order valence-corrected chi connectivity index (χ1v) is 6.52. The zero-order chi connectivity index (χ0) is 13.8. The van der Waals surface area contributed by atoms with Gasteiger partial charge < -0.3 is 9.64 Å². The van der Waals surface area contributed by atoms with E-state index in [1.807, 2.05) is 13.8 Å². The molecule has 0 bridgehead atoms. The highest BCUT2D eigenvalue weighted by Gasteiger charge is 2.33. The predicted octanol–water partition coefficient (Wildman–Crippen LogP) is 3.37. The standard InChI is InChI=1S/C14H20ClNO2/c1-5-16(6-2)13(17)14(3,4)18-12-9-7-11(15)8-10-12/h7-10H,5-6H2,1-4H3. The van der Waals surface area contributed by atoms with Crippen molar-refractivity contribution >= 4 is 17.5 Å². The van der Waals surface area contributed by atoms with Crippen molar-refractivity contribution in [1.82, 2.24) is 4.90 Å². The smallest absolute Gasteiger partial charge is 0.266 e. The highest BCUT2D eigenvalue weighted by Crippen LogP contribution is 2.22. The van der Waals surface area contributed by atoms with E-state index in [1.54, 1.807) is 43.0 Å². The molecule has 1 aromatic rings. The molecule has 4 heteroatoms. The largest absolute Gasteiger partial charge is 0.478 e. The molecule has 0 atom stereocenters. The quantitative estimate of drug-likeness (QED) is 0.820. The van der Waals surface area contributed by atoms with Gasteiger partial charge in [-0.2, -0.15) is 0 Å². The van der Waals surface area contributed by atoms with Crippen molar-refractivity contribution < 1.29 is 9.53 Å². The minimum absolute atomic E-state index is 0.0116. The van der Waals surface area contributed by atoms with Crippen LogP contribution in [0.5, 0.6) is 5.75 Å². The van der Waals surface area contributed by atoms with Gasteiger partial charge in [0, 0.05) is 18.1 Å². The maximum absolute atomic E-state index is 12.3. The van der Waals surface area contributed by atoms with Gasteiger partial charge in [0.05, 0.1) is 0 Å². The first-order chi connectivity index (χ1) is 8.40. The van der Waals surface area contributed by atoms with E-state index in [0.717, 1.165) is 0 Å². The molecule has 1 aromatic carbocycles. The summed E-state index contributed by atoms with van der Waals surface area (Å²) in [5, 5.41) is 0.648. The lowest BCUT2D eigenvalue weighted by Crippen LogP contribution is -2.48. The lowest BCUT2D eigenvalue weighted by molar-refractivity contribution is -0.145. The van der Waals surface area contributed by atoms with Crippen molar-refractivity contribution in [1.29, 1.82) is 0 Å². The summed E-state index contributed by atoms with van der Waals surface area (Å²) in [5.74, 6) is 0.632. The second-order valence-corrected chi connectivity index (χ2v) is 4.98. The summed E-state index contributed by atoms with van der Waals surface area (Å²) in [5.41, 5.74) is -0.875. The summed E-state index contributed by atoms with van der Waals surface area (Å²) in [4.78, 5) is 14.0. The number of ether oxygens (including phenoxy) is 1. The van der Waals surface area contributed by atoms with Crippen molar-refractivity contribution in [3.63, 3.8) is 0 Å². The van der Waals surface area contributed by atoms with Crippen LogP contribution in [0.25, 0.3) is 0 Å². The third kappa shape index (κ3) is 3.64. The minimum atomic E-state index is -0.875. The van der Waals surface area contributed by atoms with Crippen molar-refractivity contribution in [2.75, 3.05) is 13.1 Å². The van der Waals surface area contributed by atoms with Crippen LogP contribution in [0.15, 0.2) is 24.3 Å². The molecular formula is C14H20ClNO2.